The fourth-order valence-electron chi connectivity index (χ4n) is 2.67. The monoisotopic (exact) mass is 269 g/mol. The molecule has 2 rings (SSSR count). The van der Waals surface area contributed by atoms with Crippen LogP contribution in [0.1, 0.15) is 43.5 Å². The second-order valence-corrected chi connectivity index (χ2v) is 6.29. The van der Waals surface area contributed by atoms with E-state index in [4.69, 9.17) is 5.11 Å². The Bertz CT molecular complexity index is 413. The topological polar surface area (TPSA) is 75.1 Å². The molecule has 0 spiro atoms. The molecule has 0 saturated heterocycles. The molecule has 18 heavy (non-hydrogen) atoms. The minimum atomic E-state index is -0.702. The summed E-state index contributed by atoms with van der Waals surface area (Å²) in [6.07, 6.45) is 5.71. The van der Waals surface area contributed by atoms with Gasteiger partial charge in [0.05, 0.1) is 6.42 Å². The van der Waals surface area contributed by atoms with Crippen molar-refractivity contribution in [3.63, 3.8) is 0 Å². The van der Waals surface area contributed by atoms with Crippen LogP contribution in [-0.4, -0.2) is 27.8 Å². The summed E-state index contributed by atoms with van der Waals surface area (Å²) in [5.41, 5.74) is -0.107. The summed E-state index contributed by atoms with van der Waals surface area (Å²) in [7, 11) is 0. The number of anilines is 1. The third-order valence-electron chi connectivity index (χ3n) is 3.58. The SMILES string of the molecule is Cc1nnc(NCC2(CC(=O)O)CCCCC2)s1. The largest absolute Gasteiger partial charge is 0.481 e. The van der Waals surface area contributed by atoms with Gasteiger partial charge in [0, 0.05) is 6.54 Å². The fraction of sp³-hybridized carbons (Fsp3) is 0.750. The Labute approximate surface area is 111 Å². The van der Waals surface area contributed by atoms with E-state index >= 15 is 0 Å². The van der Waals surface area contributed by atoms with Crippen LogP contribution in [0.2, 0.25) is 0 Å². The minimum Gasteiger partial charge on any atom is -0.481 e. The second-order valence-electron chi connectivity index (χ2n) is 5.11. The summed E-state index contributed by atoms with van der Waals surface area (Å²) in [5.74, 6) is -0.702. The third kappa shape index (κ3) is 3.41. The maximum Gasteiger partial charge on any atom is 0.303 e. The van der Waals surface area contributed by atoms with Crippen LogP contribution in [0.15, 0.2) is 0 Å². The van der Waals surface area contributed by atoms with Crippen molar-refractivity contribution in [3.05, 3.63) is 5.01 Å². The van der Waals surface area contributed by atoms with Crippen LogP contribution in [-0.2, 0) is 4.79 Å². The number of carboxylic acid groups (broad SMARTS) is 1. The van der Waals surface area contributed by atoms with E-state index in [1.165, 1.54) is 17.8 Å². The average Bonchev–Trinajstić information content (AvgIpc) is 2.73. The number of nitrogens with zero attached hydrogens (tertiary/aromatic N) is 2. The number of hydrogen-bond acceptors (Lipinski definition) is 5. The summed E-state index contributed by atoms with van der Waals surface area (Å²) in [4.78, 5) is 11.0. The highest BCUT2D eigenvalue weighted by molar-refractivity contribution is 7.15. The lowest BCUT2D eigenvalue weighted by atomic mass is 9.72. The smallest absolute Gasteiger partial charge is 0.303 e. The van der Waals surface area contributed by atoms with Crippen LogP contribution in [0, 0.1) is 12.3 Å². The molecular weight excluding hydrogens is 250 g/mol. The summed E-state index contributed by atoms with van der Waals surface area (Å²) in [5, 5.41) is 22.0. The van der Waals surface area contributed by atoms with E-state index in [2.05, 4.69) is 15.5 Å². The van der Waals surface area contributed by atoms with Gasteiger partial charge >= 0.3 is 5.97 Å². The Kier molecular flexibility index (Phi) is 4.16. The summed E-state index contributed by atoms with van der Waals surface area (Å²) in [6, 6.07) is 0. The molecule has 0 unspecified atom stereocenters. The van der Waals surface area contributed by atoms with E-state index in [1.54, 1.807) is 0 Å². The molecule has 0 amide bonds. The van der Waals surface area contributed by atoms with Crippen molar-refractivity contribution >= 4 is 22.4 Å². The molecule has 1 aliphatic carbocycles. The number of rotatable bonds is 5. The number of carboxylic acids is 1. The van der Waals surface area contributed by atoms with Gasteiger partial charge in [-0.1, -0.05) is 30.6 Å². The number of aromatic nitrogens is 2. The molecule has 1 saturated carbocycles. The average molecular weight is 269 g/mol. The summed E-state index contributed by atoms with van der Waals surface area (Å²) < 4.78 is 0. The van der Waals surface area contributed by atoms with Crippen molar-refractivity contribution in [1.82, 2.24) is 10.2 Å². The van der Waals surface area contributed by atoms with Crippen LogP contribution in [0.5, 0.6) is 0 Å². The highest BCUT2D eigenvalue weighted by Gasteiger charge is 2.34. The molecule has 0 radical (unpaired) electrons. The van der Waals surface area contributed by atoms with Gasteiger partial charge in [0.2, 0.25) is 5.13 Å². The van der Waals surface area contributed by atoms with Gasteiger partial charge in [-0.2, -0.15) is 0 Å². The van der Waals surface area contributed by atoms with Gasteiger partial charge in [0.1, 0.15) is 5.01 Å². The third-order valence-corrected chi connectivity index (χ3v) is 4.38. The first-order valence-electron chi connectivity index (χ1n) is 6.35. The first-order valence-corrected chi connectivity index (χ1v) is 7.17. The molecule has 0 bridgehead atoms. The van der Waals surface area contributed by atoms with Crippen LogP contribution < -0.4 is 5.32 Å². The highest BCUT2D eigenvalue weighted by atomic mass is 32.1. The molecule has 0 atom stereocenters. The molecule has 5 nitrogen and oxygen atoms in total. The lowest BCUT2D eigenvalue weighted by molar-refractivity contribution is -0.140. The Hall–Kier alpha value is -1.17. The van der Waals surface area contributed by atoms with Crippen LogP contribution in [0.3, 0.4) is 0 Å². The van der Waals surface area contributed by atoms with Crippen molar-refractivity contribution < 1.29 is 9.90 Å². The van der Waals surface area contributed by atoms with Crippen molar-refractivity contribution in [2.24, 2.45) is 5.41 Å². The Balaban J connectivity index is 1.98. The normalized spacial score (nSPS) is 18.5. The maximum absolute atomic E-state index is 11.0. The second kappa shape index (κ2) is 5.65. The van der Waals surface area contributed by atoms with Gasteiger partial charge in [-0.05, 0) is 25.2 Å². The van der Waals surface area contributed by atoms with Crippen LogP contribution >= 0.6 is 11.3 Å². The molecule has 1 aromatic rings. The fourth-order valence-corrected chi connectivity index (χ4v) is 3.26. The summed E-state index contributed by atoms with van der Waals surface area (Å²) >= 11 is 1.51. The predicted molar refractivity (Wildman–Crippen MR) is 70.9 cm³/mol. The molecule has 1 fully saturated rings. The Morgan fingerprint density at radius 2 is 2.11 bits per heavy atom. The van der Waals surface area contributed by atoms with Crippen molar-refractivity contribution in [2.75, 3.05) is 11.9 Å². The van der Waals surface area contributed by atoms with Crippen LogP contribution in [0.4, 0.5) is 5.13 Å². The van der Waals surface area contributed by atoms with Crippen molar-refractivity contribution in [3.8, 4) is 0 Å². The van der Waals surface area contributed by atoms with E-state index in [0.29, 0.717) is 6.54 Å². The molecule has 1 aliphatic rings. The van der Waals surface area contributed by atoms with Gasteiger partial charge < -0.3 is 10.4 Å². The van der Waals surface area contributed by atoms with E-state index in [1.807, 2.05) is 6.92 Å². The number of carbonyl (C=O) groups is 1. The number of hydrogen-bond donors (Lipinski definition) is 2. The van der Waals surface area contributed by atoms with E-state index in [-0.39, 0.29) is 11.8 Å². The number of aryl methyl sites for hydroxylation is 1. The summed E-state index contributed by atoms with van der Waals surface area (Å²) in [6.45, 7) is 2.60. The molecule has 1 heterocycles. The molecule has 6 heteroatoms. The van der Waals surface area contributed by atoms with Gasteiger partial charge in [-0.3, -0.25) is 4.79 Å². The van der Waals surface area contributed by atoms with E-state index in [0.717, 1.165) is 35.8 Å². The van der Waals surface area contributed by atoms with E-state index < -0.39 is 5.97 Å². The molecule has 1 aromatic heterocycles. The zero-order chi connectivity index (χ0) is 13.0. The maximum atomic E-state index is 11.0. The first kappa shape index (κ1) is 13.3. The lowest BCUT2D eigenvalue weighted by Crippen LogP contribution is -2.34. The zero-order valence-electron chi connectivity index (χ0n) is 10.6. The standard InChI is InChI=1S/C12H19N3O2S/c1-9-14-15-11(18-9)13-8-12(7-10(16)17)5-3-2-4-6-12/h2-8H2,1H3,(H,13,15)(H,16,17). The predicted octanol–water partition coefficient (Wildman–Crippen LogP) is 2.68. The lowest BCUT2D eigenvalue weighted by Gasteiger charge is -2.36. The Morgan fingerprint density at radius 3 is 2.67 bits per heavy atom. The zero-order valence-corrected chi connectivity index (χ0v) is 11.4. The molecular formula is C12H19N3O2S. The van der Waals surface area contributed by atoms with Gasteiger partial charge in [-0.25, -0.2) is 0 Å². The Morgan fingerprint density at radius 1 is 1.39 bits per heavy atom. The first-order chi connectivity index (χ1) is 8.60. The molecule has 0 aliphatic heterocycles. The van der Waals surface area contributed by atoms with Gasteiger partial charge in [0.15, 0.2) is 0 Å². The highest BCUT2D eigenvalue weighted by Crippen LogP contribution is 2.39. The number of nitrogens with one attached hydrogen (secondary N) is 1. The van der Waals surface area contributed by atoms with Crippen LogP contribution in [0.25, 0.3) is 0 Å². The molecule has 100 valence electrons. The van der Waals surface area contributed by atoms with Crippen molar-refractivity contribution in [1.29, 1.82) is 0 Å². The van der Waals surface area contributed by atoms with Crippen molar-refractivity contribution in [2.45, 2.75) is 45.4 Å². The molecule has 2 N–H and O–H groups in total. The van der Waals surface area contributed by atoms with Gasteiger partial charge in [0.25, 0.3) is 0 Å². The van der Waals surface area contributed by atoms with E-state index in [9.17, 15) is 4.79 Å². The molecule has 0 aromatic carbocycles. The minimum absolute atomic E-state index is 0.107. The quantitative estimate of drug-likeness (QED) is 0.859. The van der Waals surface area contributed by atoms with Gasteiger partial charge in [-0.15, -0.1) is 10.2 Å². The number of aliphatic carboxylic acids is 1.